The van der Waals surface area contributed by atoms with Crippen molar-refractivity contribution < 1.29 is 14.3 Å². The third-order valence-electron chi connectivity index (χ3n) is 4.58. The van der Waals surface area contributed by atoms with E-state index in [1.54, 1.807) is 11.3 Å². The van der Waals surface area contributed by atoms with Gasteiger partial charge in [-0.15, -0.1) is 21.5 Å². The second kappa shape index (κ2) is 9.89. The van der Waals surface area contributed by atoms with Gasteiger partial charge in [0.05, 0.1) is 12.9 Å². The third kappa shape index (κ3) is 5.55. The molecule has 3 rings (SSSR count). The van der Waals surface area contributed by atoms with Crippen LogP contribution < -0.4 is 5.32 Å². The van der Waals surface area contributed by atoms with Crippen LogP contribution in [-0.2, 0) is 20.7 Å². The van der Waals surface area contributed by atoms with Gasteiger partial charge in [-0.1, -0.05) is 37.1 Å². The van der Waals surface area contributed by atoms with Crippen LogP contribution in [-0.4, -0.2) is 46.0 Å². The molecular weight excluding hydrogens is 384 g/mol. The quantitative estimate of drug-likeness (QED) is 0.534. The summed E-state index contributed by atoms with van der Waals surface area (Å²) in [7, 11) is 1.30. The molecule has 0 radical (unpaired) electrons. The number of carbonyl (C=O) groups excluding carboxylic acids is 2. The van der Waals surface area contributed by atoms with Crippen molar-refractivity contribution in [1.29, 1.82) is 0 Å². The fourth-order valence-electron chi connectivity index (χ4n) is 3.23. The van der Waals surface area contributed by atoms with Crippen molar-refractivity contribution >= 4 is 35.0 Å². The molecule has 0 unspecified atom stereocenters. The van der Waals surface area contributed by atoms with E-state index in [2.05, 4.69) is 36.3 Å². The van der Waals surface area contributed by atoms with Crippen LogP contribution >= 0.6 is 23.1 Å². The Balaban J connectivity index is 1.69. The second-order valence-electron chi connectivity index (χ2n) is 6.46. The van der Waals surface area contributed by atoms with Crippen molar-refractivity contribution in [2.24, 2.45) is 0 Å². The molecule has 7 nitrogen and oxygen atoms in total. The van der Waals surface area contributed by atoms with Crippen LogP contribution in [0.4, 0.5) is 0 Å². The molecule has 2 aromatic heterocycles. The molecule has 1 aliphatic carbocycles. The summed E-state index contributed by atoms with van der Waals surface area (Å²) in [5.74, 6) is 0.475. The zero-order valence-corrected chi connectivity index (χ0v) is 17.0. The van der Waals surface area contributed by atoms with Crippen LogP contribution in [0.3, 0.4) is 0 Å². The topological polar surface area (TPSA) is 86.1 Å². The first-order valence-corrected chi connectivity index (χ1v) is 11.0. The molecule has 1 aliphatic rings. The molecule has 0 bridgehead atoms. The van der Waals surface area contributed by atoms with Crippen LogP contribution in [0, 0.1) is 0 Å². The van der Waals surface area contributed by atoms with E-state index in [0.717, 1.165) is 30.2 Å². The minimum atomic E-state index is -0.461. The van der Waals surface area contributed by atoms with Gasteiger partial charge < -0.3 is 14.6 Å². The number of carbonyl (C=O) groups is 2. The van der Waals surface area contributed by atoms with Gasteiger partial charge in [-0.2, -0.15) is 0 Å². The SMILES string of the molecule is COC(=O)CNC(=O)CSc1nnc(Cc2cccs2)n1C1CCCCC1. The van der Waals surface area contributed by atoms with Crippen LogP contribution in [0.25, 0.3) is 0 Å². The molecule has 2 heterocycles. The predicted molar refractivity (Wildman–Crippen MR) is 105 cm³/mol. The molecule has 0 spiro atoms. The van der Waals surface area contributed by atoms with Gasteiger partial charge in [0.15, 0.2) is 5.16 Å². The number of hydrogen-bond acceptors (Lipinski definition) is 7. The zero-order valence-electron chi connectivity index (χ0n) is 15.3. The number of thioether (sulfide) groups is 1. The lowest BCUT2D eigenvalue weighted by Gasteiger charge is -2.25. The maximum Gasteiger partial charge on any atom is 0.325 e. The van der Waals surface area contributed by atoms with E-state index in [1.807, 2.05) is 6.07 Å². The van der Waals surface area contributed by atoms with E-state index < -0.39 is 5.97 Å². The predicted octanol–water partition coefficient (Wildman–Crippen LogP) is 2.82. The van der Waals surface area contributed by atoms with E-state index in [1.165, 1.54) is 43.0 Å². The van der Waals surface area contributed by atoms with E-state index in [0.29, 0.717) is 6.04 Å². The molecular formula is C18H24N4O3S2. The number of nitrogens with zero attached hydrogens (tertiary/aromatic N) is 3. The largest absolute Gasteiger partial charge is 0.468 e. The smallest absolute Gasteiger partial charge is 0.325 e. The van der Waals surface area contributed by atoms with Crippen molar-refractivity contribution in [2.45, 2.75) is 49.7 Å². The lowest BCUT2D eigenvalue weighted by molar-refractivity contribution is -0.140. The molecule has 9 heteroatoms. The molecule has 2 aromatic rings. The standard InChI is InChI=1S/C18H24N4O3S2/c1-25-17(24)11-19-16(23)12-27-18-21-20-15(10-14-8-5-9-26-14)22(18)13-6-3-2-4-7-13/h5,8-9,13H,2-4,6-7,10-12H2,1H3,(H,19,23). The molecule has 0 aliphatic heterocycles. The van der Waals surface area contributed by atoms with Crippen LogP contribution in [0.2, 0.25) is 0 Å². The van der Waals surface area contributed by atoms with Gasteiger partial charge in [-0.05, 0) is 24.3 Å². The normalized spacial score (nSPS) is 14.9. The average molecular weight is 409 g/mol. The van der Waals surface area contributed by atoms with Crippen LogP contribution in [0.5, 0.6) is 0 Å². The number of amides is 1. The minimum Gasteiger partial charge on any atom is -0.468 e. The van der Waals surface area contributed by atoms with E-state index in [4.69, 9.17) is 0 Å². The number of esters is 1. The summed E-state index contributed by atoms with van der Waals surface area (Å²) in [6, 6.07) is 4.55. The first kappa shape index (κ1) is 19.9. The van der Waals surface area contributed by atoms with Crippen molar-refractivity contribution in [2.75, 3.05) is 19.4 Å². The maximum absolute atomic E-state index is 12.0. The lowest BCUT2D eigenvalue weighted by Crippen LogP contribution is -2.31. The Morgan fingerprint density at radius 2 is 2.15 bits per heavy atom. The lowest BCUT2D eigenvalue weighted by atomic mass is 9.95. The molecule has 146 valence electrons. The number of rotatable bonds is 8. The monoisotopic (exact) mass is 408 g/mol. The van der Waals surface area contributed by atoms with Gasteiger partial charge in [-0.25, -0.2) is 0 Å². The van der Waals surface area contributed by atoms with Crippen molar-refractivity contribution in [3.8, 4) is 0 Å². The summed E-state index contributed by atoms with van der Waals surface area (Å²) in [5.41, 5.74) is 0. The average Bonchev–Trinajstić information content (AvgIpc) is 3.35. The molecule has 1 amide bonds. The molecule has 1 fully saturated rings. The Morgan fingerprint density at radius 1 is 1.33 bits per heavy atom. The van der Waals surface area contributed by atoms with Crippen LogP contribution in [0.1, 0.15) is 48.8 Å². The summed E-state index contributed by atoms with van der Waals surface area (Å²) in [6.07, 6.45) is 6.71. The van der Waals surface area contributed by atoms with Gasteiger partial charge >= 0.3 is 5.97 Å². The zero-order chi connectivity index (χ0) is 19.1. The summed E-state index contributed by atoms with van der Waals surface area (Å²) >= 11 is 3.09. The fourth-order valence-corrected chi connectivity index (χ4v) is 4.78. The number of thiophene rings is 1. The van der Waals surface area contributed by atoms with E-state index in [-0.39, 0.29) is 18.2 Å². The Kier molecular flexibility index (Phi) is 7.28. The third-order valence-corrected chi connectivity index (χ3v) is 6.40. The highest BCUT2D eigenvalue weighted by molar-refractivity contribution is 7.99. The molecule has 27 heavy (non-hydrogen) atoms. The first-order chi connectivity index (χ1) is 13.2. The van der Waals surface area contributed by atoms with E-state index >= 15 is 0 Å². The van der Waals surface area contributed by atoms with Crippen molar-refractivity contribution in [3.63, 3.8) is 0 Å². The van der Waals surface area contributed by atoms with Gasteiger partial charge in [0.25, 0.3) is 0 Å². The molecule has 0 aromatic carbocycles. The Hall–Kier alpha value is -1.87. The van der Waals surface area contributed by atoms with Gasteiger partial charge in [0, 0.05) is 17.3 Å². The molecule has 1 saturated carbocycles. The molecule has 0 atom stereocenters. The summed E-state index contributed by atoms with van der Waals surface area (Å²) < 4.78 is 6.76. The van der Waals surface area contributed by atoms with Crippen molar-refractivity contribution in [1.82, 2.24) is 20.1 Å². The Morgan fingerprint density at radius 3 is 2.85 bits per heavy atom. The minimum absolute atomic E-state index is 0.116. The number of methoxy groups -OCH3 is 1. The Bertz CT molecular complexity index is 755. The molecule has 0 saturated heterocycles. The summed E-state index contributed by atoms with van der Waals surface area (Å²) in [5, 5.41) is 14.2. The number of aromatic nitrogens is 3. The fraction of sp³-hybridized carbons (Fsp3) is 0.556. The van der Waals surface area contributed by atoms with Gasteiger partial charge in [-0.3, -0.25) is 9.59 Å². The maximum atomic E-state index is 12.0. The van der Waals surface area contributed by atoms with Gasteiger partial charge in [0.1, 0.15) is 12.4 Å². The highest BCUT2D eigenvalue weighted by atomic mass is 32.2. The number of ether oxygens (including phenoxy) is 1. The molecule has 1 N–H and O–H groups in total. The second-order valence-corrected chi connectivity index (χ2v) is 8.43. The Labute approximate surface area is 166 Å². The highest BCUT2D eigenvalue weighted by Crippen LogP contribution is 2.33. The van der Waals surface area contributed by atoms with Gasteiger partial charge in [0.2, 0.25) is 5.91 Å². The van der Waals surface area contributed by atoms with Crippen LogP contribution in [0.15, 0.2) is 22.7 Å². The summed E-state index contributed by atoms with van der Waals surface area (Å²) in [6.45, 7) is -0.116. The van der Waals surface area contributed by atoms with Crippen molar-refractivity contribution in [3.05, 3.63) is 28.2 Å². The first-order valence-electron chi connectivity index (χ1n) is 9.10. The number of hydrogen-bond donors (Lipinski definition) is 1. The highest BCUT2D eigenvalue weighted by Gasteiger charge is 2.23. The van der Waals surface area contributed by atoms with E-state index in [9.17, 15) is 9.59 Å². The number of nitrogens with one attached hydrogen (secondary N) is 1. The summed E-state index contributed by atoms with van der Waals surface area (Å²) in [4.78, 5) is 24.4.